The van der Waals surface area contributed by atoms with Crippen molar-refractivity contribution in [2.75, 3.05) is 17.6 Å². The van der Waals surface area contributed by atoms with Crippen LogP contribution in [0.5, 0.6) is 0 Å². The van der Waals surface area contributed by atoms with Crippen molar-refractivity contribution in [1.29, 1.82) is 0 Å². The highest BCUT2D eigenvalue weighted by Gasteiger charge is 2.27. The van der Waals surface area contributed by atoms with Gasteiger partial charge in [-0.3, -0.25) is 9.59 Å². The topological polar surface area (TPSA) is 71.1 Å². The van der Waals surface area contributed by atoms with Gasteiger partial charge in [-0.25, -0.2) is 4.98 Å². The number of aromatic nitrogens is 1. The van der Waals surface area contributed by atoms with Gasteiger partial charge in [0.1, 0.15) is 11.6 Å². The van der Waals surface area contributed by atoms with Crippen molar-refractivity contribution in [3.05, 3.63) is 59.1 Å². The van der Waals surface area contributed by atoms with Crippen LogP contribution in [-0.4, -0.2) is 35.3 Å². The molecule has 1 heterocycles. The number of carbonyl (C=O) groups excluding carboxylic acids is 2. The van der Waals surface area contributed by atoms with E-state index in [0.29, 0.717) is 11.4 Å². The standard InChI is InChI=1S/C19H16F3N3O2S2/c20-19(21,22)11-23-18(27)12-5-7-13(8-6-12)24-16(26)9-28-10-17-25-14-3-1-2-4-15(14)29-17/h1-8H,9-11H2,(H,23,27)(H,24,26). The molecule has 0 aliphatic heterocycles. The first kappa shape index (κ1) is 21.1. The van der Waals surface area contributed by atoms with Gasteiger partial charge in [0.15, 0.2) is 0 Å². The van der Waals surface area contributed by atoms with E-state index in [4.69, 9.17) is 0 Å². The predicted octanol–water partition coefficient (Wildman–Crippen LogP) is 4.46. The van der Waals surface area contributed by atoms with Crippen LogP contribution in [0.4, 0.5) is 18.9 Å². The number of rotatable bonds is 7. The van der Waals surface area contributed by atoms with Crippen LogP contribution in [-0.2, 0) is 10.5 Å². The first-order valence-electron chi connectivity index (χ1n) is 8.47. The van der Waals surface area contributed by atoms with Crippen molar-refractivity contribution >= 4 is 50.8 Å². The molecule has 0 saturated heterocycles. The van der Waals surface area contributed by atoms with E-state index in [1.807, 2.05) is 24.3 Å². The molecule has 0 saturated carbocycles. The first-order valence-corrected chi connectivity index (χ1v) is 10.4. The van der Waals surface area contributed by atoms with Crippen LogP contribution in [0.15, 0.2) is 48.5 Å². The molecular formula is C19H16F3N3O2S2. The van der Waals surface area contributed by atoms with Gasteiger partial charge in [-0.2, -0.15) is 13.2 Å². The molecule has 0 radical (unpaired) electrons. The maximum Gasteiger partial charge on any atom is 0.405 e. The fourth-order valence-corrected chi connectivity index (χ4v) is 4.24. The highest BCUT2D eigenvalue weighted by molar-refractivity contribution is 7.99. The Hall–Kier alpha value is -2.59. The summed E-state index contributed by atoms with van der Waals surface area (Å²) in [6.07, 6.45) is -4.47. The smallest absolute Gasteiger partial charge is 0.343 e. The number of nitrogens with one attached hydrogen (secondary N) is 2. The van der Waals surface area contributed by atoms with E-state index in [-0.39, 0.29) is 17.2 Å². The minimum atomic E-state index is -4.47. The highest BCUT2D eigenvalue weighted by Crippen LogP contribution is 2.24. The lowest BCUT2D eigenvalue weighted by molar-refractivity contribution is -0.123. The summed E-state index contributed by atoms with van der Waals surface area (Å²) in [6, 6.07) is 13.5. The maximum atomic E-state index is 12.1. The van der Waals surface area contributed by atoms with Gasteiger partial charge in [0.25, 0.3) is 5.91 Å². The van der Waals surface area contributed by atoms with Crippen molar-refractivity contribution in [3.63, 3.8) is 0 Å². The zero-order chi connectivity index (χ0) is 20.9. The van der Waals surface area contributed by atoms with Crippen LogP contribution in [0.3, 0.4) is 0 Å². The van der Waals surface area contributed by atoms with Gasteiger partial charge in [-0.15, -0.1) is 23.1 Å². The number of anilines is 1. The third-order valence-corrected chi connectivity index (χ3v) is 5.84. The fourth-order valence-electron chi connectivity index (χ4n) is 2.40. The van der Waals surface area contributed by atoms with E-state index in [1.165, 1.54) is 36.0 Å². The summed E-state index contributed by atoms with van der Waals surface area (Å²) in [4.78, 5) is 28.2. The number of thioether (sulfide) groups is 1. The second-order valence-corrected chi connectivity index (χ2v) is 8.09. The molecule has 5 nitrogen and oxygen atoms in total. The highest BCUT2D eigenvalue weighted by atomic mass is 32.2. The fraction of sp³-hybridized carbons (Fsp3) is 0.211. The minimum absolute atomic E-state index is 0.0810. The van der Waals surface area contributed by atoms with Crippen LogP contribution >= 0.6 is 23.1 Å². The number of hydrogen-bond donors (Lipinski definition) is 2. The van der Waals surface area contributed by atoms with Gasteiger partial charge >= 0.3 is 6.18 Å². The number of para-hydroxylation sites is 1. The molecular weight excluding hydrogens is 423 g/mol. The Morgan fingerprint density at radius 2 is 1.79 bits per heavy atom. The van der Waals surface area contributed by atoms with Gasteiger partial charge < -0.3 is 10.6 Å². The summed E-state index contributed by atoms with van der Waals surface area (Å²) in [6.45, 7) is -1.39. The molecule has 29 heavy (non-hydrogen) atoms. The van der Waals surface area contributed by atoms with E-state index in [2.05, 4.69) is 10.3 Å². The normalized spacial score (nSPS) is 11.4. The Bertz CT molecular complexity index is 971. The number of nitrogens with zero attached hydrogens (tertiary/aromatic N) is 1. The molecule has 0 spiro atoms. The predicted molar refractivity (Wildman–Crippen MR) is 109 cm³/mol. The van der Waals surface area contributed by atoms with Crippen LogP contribution in [0, 0.1) is 0 Å². The zero-order valence-electron chi connectivity index (χ0n) is 15.0. The average molecular weight is 439 g/mol. The Balaban J connectivity index is 1.44. The van der Waals surface area contributed by atoms with Crippen molar-refractivity contribution in [2.45, 2.75) is 11.9 Å². The van der Waals surface area contributed by atoms with Gasteiger partial charge in [-0.05, 0) is 36.4 Å². The summed E-state index contributed by atoms with van der Waals surface area (Å²) in [5.74, 6) is -0.202. The molecule has 2 amide bonds. The van der Waals surface area contributed by atoms with Crippen LogP contribution in [0.1, 0.15) is 15.4 Å². The molecule has 0 unspecified atom stereocenters. The molecule has 0 aliphatic rings. The van der Waals surface area contributed by atoms with Gasteiger partial charge in [0.2, 0.25) is 5.91 Å². The summed E-state index contributed by atoms with van der Waals surface area (Å²) in [5.41, 5.74) is 1.48. The number of alkyl halides is 3. The van der Waals surface area contributed by atoms with Gasteiger partial charge in [0.05, 0.1) is 16.0 Å². The lowest BCUT2D eigenvalue weighted by Crippen LogP contribution is -2.33. The van der Waals surface area contributed by atoms with Gasteiger partial charge in [0, 0.05) is 17.0 Å². The molecule has 0 fully saturated rings. The number of amides is 2. The molecule has 3 aromatic rings. The largest absolute Gasteiger partial charge is 0.405 e. The monoisotopic (exact) mass is 439 g/mol. The molecule has 2 aromatic carbocycles. The van der Waals surface area contributed by atoms with E-state index in [1.54, 1.807) is 16.7 Å². The average Bonchev–Trinajstić information content (AvgIpc) is 3.09. The third kappa shape index (κ3) is 6.47. The number of benzene rings is 2. The molecule has 0 atom stereocenters. The Kier molecular flexibility index (Phi) is 6.75. The second kappa shape index (κ2) is 9.27. The molecule has 3 rings (SSSR count). The van der Waals surface area contributed by atoms with E-state index in [9.17, 15) is 22.8 Å². The number of thiazole rings is 1. The second-order valence-electron chi connectivity index (χ2n) is 5.99. The lowest BCUT2D eigenvalue weighted by Gasteiger charge is -2.09. The molecule has 2 N–H and O–H groups in total. The van der Waals surface area contributed by atoms with Crippen LogP contribution < -0.4 is 10.6 Å². The maximum absolute atomic E-state index is 12.1. The summed E-state index contributed by atoms with van der Waals surface area (Å²) < 4.78 is 37.5. The van der Waals surface area contributed by atoms with E-state index < -0.39 is 18.6 Å². The molecule has 0 aliphatic carbocycles. The van der Waals surface area contributed by atoms with Crippen molar-refractivity contribution in [2.24, 2.45) is 0 Å². The lowest BCUT2D eigenvalue weighted by atomic mass is 10.2. The quantitative estimate of drug-likeness (QED) is 0.570. The van der Waals surface area contributed by atoms with Crippen LogP contribution in [0.2, 0.25) is 0 Å². The molecule has 1 aromatic heterocycles. The molecule has 0 bridgehead atoms. The van der Waals surface area contributed by atoms with E-state index in [0.717, 1.165) is 15.2 Å². The van der Waals surface area contributed by atoms with Gasteiger partial charge in [-0.1, -0.05) is 12.1 Å². The molecule has 10 heteroatoms. The summed E-state index contributed by atoms with van der Waals surface area (Å²) in [5, 5.41) is 5.42. The zero-order valence-corrected chi connectivity index (χ0v) is 16.6. The Morgan fingerprint density at radius 1 is 1.07 bits per heavy atom. The molecule has 152 valence electrons. The SMILES string of the molecule is O=C(CSCc1nc2ccccc2s1)Nc1ccc(C(=O)NCC(F)(F)F)cc1. The Morgan fingerprint density at radius 3 is 2.48 bits per heavy atom. The van der Waals surface area contributed by atoms with Crippen molar-refractivity contribution in [3.8, 4) is 0 Å². The minimum Gasteiger partial charge on any atom is -0.343 e. The van der Waals surface area contributed by atoms with Crippen LogP contribution in [0.25, 0.3) is 10.2 Å². The third-order valence-electron chi connectivity index (χ3n) is 3.68. The Labute approximate surface area is 172 Å². The van der Waals surface area contributed by atoms with Crippen molar-refractivity contribution < 1.29 is 22.8 Å². The summed E-state index contributed by atoms with van der Waals surface area (Å²) >= 11 is 3.02. The number of fused-ring (bicyclic) bond motifs is 1. The van der Waals surface area contributed by atoms with E-state index >= 15 is 0 Å². The number of hydrogen-bond acceptors (Lipinski definition) is 5. The number of carbonyl (C=O) groups is 2. The number of halogens is 3. The first-order chi connectivity index (χ1) is 13.8. The van der Waals surface area contributed by atoms with Crippen molar-refractivity contribution in [1.82, 2.24) is 10.3 Å². The summed E-state index contributed by atoms with van der Waals surface area (Å²) in [7, 11) is 0.